The minimum Gasteiger partial charge on any atom is -0.491 e. The van der Waals surface area contributed by atoms with E-state index in [0.717, 1.165) is 6.07 Å². The van der Waals surface area contributed by atoms with Crippen molar-refractivity contribution in [2.75, 3.05) is 13.2 Å². The van der Waals surface area contributed by atoms with Gasteiger partial charge in [0.25, 0.3) is 0 Å². The maximum absolute atomic E-state index is 12.7. The van der Waals surface area contributed by atoms with Crippen LogP contribution in [-0.2, 0) is 15.8 Å². The first-order valence-electron chi connectivity index (χ1n) is 6.60. The molecule has 0 saturated heterocycles. The Morgan fingerprint density at radius 2 is 1.95 bits per heavy atom. The molecule has 2 atom stereocenters. The lowest BCUT2D eigenvalue weighted by molar-refractivity contribution is -0.140. The van der Waals surface area contributed by atoms with Crippen LogP contribution in [0.2, 0.25) is 0 Å². The highest BCUT2D eigenvalue weighted by atomic mass is 19.4. The van der Waals surface area contributed by atoms with Crippen LogP contribution >= 0.6 is 0 Å². The first-order valence-corrected chi connectivity index (χ1v) is 6.60. The van der Waals surface area contributed by atoms with Gasteiger partial charge in [0.15, 0.2) is 0 Å². The van der Waals surface area contributed by atoms with E-state index in [0.29, 0.717) is 6.42 Å². The third kappa shape index (κ3) is 3.90. The zero-order chi connectivity index (χ0) is 16.3. The van der Waals surface area contributed by atoms with E-state index in [2.05, 4.69) is 5.32 Å². The van der Waals surface area contributed by atoms with E-state index in [4.69, 9.17) is 9.84 Å². The van der Waals surface area contributed by atoms with Crippen molar-refractivity contribution in [2.45, 2.75) is 12.6 Å². The summed E-state index contributed by atoms with van der Waals surface area (Å²) in [5.41, 5.74) is -0.880. The summed E-state index contributed by atoms with van der Waals surface area (Å²) in [5.74, 6) is -2.96. The lowest BCUT2D eigenvalue weighted by atomic mass is 10.2. The number of carboxylic acids is 1. The van der Waals surface area contributed by atoms with Gasteiger partial charge in [0.1, 0.15) is 12.4 Å². The van der Waals surface area contributed by atoms with Crippen molar-refractivity contribution in [3.8, 4) is 5.75 Å². The molecule has 2 N–H and O–H groups in total. The number of rotatable bonds is 6. The summed E-state index contributed by atoms with van der Waals surface area (Å²) in [5, 5.41) is 11.1. The van der Waals surface area contributed by atoms with Gasteiger partial charge in [0.2, 0.25) is 5.91 Å². The van der Waals surface area contributed by atoms with E-state index >= 15 is 0 Å². The van der Waals surface area contributed by atoms with Gasteiger partial charge in [-0.1, -0.05) is 12.1 Å². The Morgan fingerprint density at radius 1 is 1.27 bits per heavy atom. The van der Waals surface area contributed by atoms with Crippen molar-refractivity contribution < 1.29 is 32.6 Å². The monoisotopic (exact) mass is 317 g/mol. The number of alkyl halides is 3. The SMILES string of the molecule is O=C(O)C1CC1C(=O)NCCOc1ccccc1C(F)(F)F. The molecule has 1 amide bonds. The largest absolute Gasteiger partial charge is 0.491 e. The van der Waals surface area contributed by atoms with E-state index < -0.39 is 35.5 Å². The number of carbonyl (C=O) groups excluding carboxylic acids is 1. The van der Waals surface area contributed by atoms with Crippen molar-refractivity contribution in [2.24, 2.45) is 11.8 Å². The smallest absolute Gasteiger partial charge is 0.419 e. The lowest BCUT2D eigenvalue weighted by Gasteiger charge is -2.13. The van der Waals surface area contributed by atoms with Crippen molar-refractivity contribution in [1.29, 1.82) is 0 Å². The molecule has 0 bridgehead atoms. The minimum absolute atomic E-state index is 0.00780. The molecule has 2 unspecified atom stereocenters. The van der Waals surface area contributed by atoms with E-state index in [1.54, 1.807) is 0 Å². The Hall–Kier alpha value is -2.25. The minimum atomic E-state index is -4.51. The van der Waals surface area contributed by atoms with Crippen molar-refractivity contribution in [3.63, 3.8) is 0 Å². The third-order valence-electron chi connectivity index (χ3n) is 3.30. The second-order valence-electron chi connectivity index (χ2n) is 4.92. The Balaban J connectivity index is 1.78. The molecule has 0 heterocycles. The molecular formula is C14H14F3NO4. The highest BCUT2D eigenvalue weighted by Crippen LogP contribution is 2.38. The fraction of sp³-hybridized carbons (Fsp3) is 0.429. The predicted octanol–water partition coefficient (Wildman–Crippen LogP) is 1.92. The normalized spacial score (nSPS) is 20.3. The van der Waals surface area contributed by atoms with Crippen LogP contribution in [0.5, 0.6) is 5.75 Å². The average molecular weight is 317 g/mol. The van der Waals surface area contributed by atoms with Crippen LogP contribution in [0.3, 0.4) is 0 Å². The summed E-state index contributed by atoms with van der Waals surface area (Å²) in [4.78, 5) is 22.2. The van der Waals surface area contributed by atoms with Crippen molar-refractivity contribution in [1.82, 2.24) is 5.32 Å². The summed E-state index contributed by atoms with van der Waals surface area (Å²) in [6.07, 6.45) is -4.22. The maximum atomic E-state index is 12.7. The highest BCUT2D eigenvalue weighted by Gasteiger charge is 2.48. The van der Waals surface area contributed by atoms with Gasteiger partial charge in [-0.25, -0.2) is 0 Å². The third-order valence-corrected chi connectivity index (χ3v) is 3.30. The fourth-order valence-electron chi connectivity index (χ4n) is 2.05. The number of carboxylic acid groups (broad SMARTS) is 1. The number of aliphatic carboxylic acids is 1. The van der Waals surface area contributed by atoms with Crippen LogP contribution in [-0.4, -0.2) is 30.1 Å². The highest BCUT2D eigenvalue weighted by molar-refractivity contribution is 5.89. The molecule has 0 aliphatic heterocycles. The molecule has 22 heavy (non-hydrogen) atoms. The van der Waals surface area contributed by atoms with Crippen LogP contribution < -0.4 is 10.1 Å². The van der Waals surface area contributed by atoms with E-state index in [1.807, 2.05) is 0 Å². The molecule has 2 rings (SSSR count). The summed E-state index contributed by atoms with van der Waals surface area (Å²) in [7, 11) is 0. The number of nitrogens with one attached hydrogen (secondary N) is 1. The lowest BCUT2D eigenvalue weighted by Crippen LogP contribution is -2.30. The zero-order valence-electron chi connectivity index (χ0n) is 11.4. The molecule has 0 radical (unpaired) electrons. The van der Waals surface area contributed by atoms with Crippen molar-refractivity contribution >= 4 is 11.9 Å². The Kier molecular flexibility index (Phi) is 4.58. The van der Waals surface area contributed by atoms with E-state index in [-0.39, 0.29) is 18.9 Å². The first kappa shape index (κ1) is 16.1. The topological polar surface area (TPSA) is 75.6 Å². The van der Waals surface area contributed by atoms with E-state index in [1.165, 1.54) is 18.2 Å². The number of hydrogen-bond donors (Lipinski definition) is 2. The van der Waals surface area contributed by atoms with Crippen molar-refractivity contribution in [3.05, 3.63) is 29.8 Å². The summed E-state index contributed by atoms with van der Waals surface area (Å²) in [6.45, 7) is -0.128. The Bertz CT molecular complexity index is 573. The molecule has 1 saturated carbocycles. The van der Waals surface area contributed by atoms with Gasteiger partial charge in [-0.05, 0) is 18.6 Å². The van der Waals surface area contributed by atoms with Crippen LogP contribution in [0.4, 0.5) is 13.2 Å². The fourth-order valence-corrected chi connectivity index (χ4v) is 2.05. The zero-order valence-corrected chi connectivity index (χ0v) is 11.4. The van der Waals surface area contributed by atoms with Gasteiger partial charge >= 0.3 is 12.1 Å². The standard InChI is InChI=1S/C14H14F3NO4/c15-14(16,17)10-3-1-2-4-11(10)22-6-5-18-12(19)8-7-9(8)13(20)21/h1-4,8-9H,5-7H2,(H,18,19)(H,20,21). The molecule has 8 heteroatoms. The Labute approximate surface area is 124 Å². The number of para-hydroxylation sites is 1. The molecule has 5 nitrogen and oxygen atoms in total. The number of amides is 1. The molecule has 1 aromatic rings. The van der Waals surface area contributed by atoms with Crippen LogP contribution in [0.15, 0.2) is 24.3 Å². The van der Waals surface area contributed by atoms with Gasteiger partial charge < -0.3 is 15.2 Å². The van der Waals surface area contributed by atoms with Gasteiger partial charge in [0.05, 0.1) is 23.9 Å². The predicted molar refractivity (Wildman–Crippen MR) is 69.2 cm³/mol. The maximum Gasteiger partial charge on any atom is 0.419 e. The van der Waals surface area contributed by atoms with Crippen LogP contribution in [0.1, 0.15) is 12.0 Å². The number of hydrogen-bond acceptors (Lipinski definition) is 3. The molecule has 120 valence electrons. The van der Waals surface area contributed by atoms with Crippen LogP contribution in [0, 0.1) is 11.8 Å². The molecule has 0 aromatic heterocycles. The van der Waals surface area contributed by atoms with Crippen LogP contribution in [0.25, 0.3) is 0 Å². The molecule has 1 aromatic carbocycles. The van der Waals surface area contributed by atoms with Gasteiger partial charge in [0, 0.05) is 0 Å². The summed E-state index contributed by atoms with van der Waals surface area (Å²) >= 11 is 0. The number of halogens is 3. The molecule has 1 fully saturated rings. The first-order chi connectivity index (χ1) is 10.3. The summed E-state index contributed by atoms with van der Waals surface area (Å²) < 4.78 is 43.2. The molecule has 1 aliphatic carbocycles. The number of benzene rings is 1. The summed E-state index contributed by atoms with van der Waals surface area (Å²) in [6, 6.07) is 4.79. The van der Waals surface area contributed by atoms with Gasteiger partial charge in [-0.3, -0.25) is 9.59 Å². The van der Waals surface area contributed by atoms with Gasteiger partial charge in [-0.15, -0.1) is 0 Å². The van der Waals surface area contributed by atoms with Gasteiger partial charge in [-0.2, -0.15) is 13.2 Å². The second-order valence-corrected chi connectivity index (χ2v) is 4.92. The Morgan fingerprint density at radius 3 is 2.55 bits per heavy atom. The average Bonchev–Trinajstić information content (AvgIpc) is 3.23. The number of ether oxygens (including phenoxy) is 1. The second kappa shape index (κ2) is 6.25. The number of carbonyl (C=O) groups is 2. The molecule has 0 spiro atoms. The molecular weight excluding hydrogens is 303 g/mol. The molecule has 1 aliphatic rings. The van der Waals surface area contributed by atoms with E-state index in [9.17, 15) is 22.8 Å². The quantitative estimate of drug-likeness (QED) is 0.786.